The summed E-state index contributed by atoms with van der Waals surface area (Å²) in [4.78, 5) is 0. The number of benzene rings is 1. The fraction of sp³-hybridized carbons (Fsp3) is 0.533. The molecule has 0 radical (unpaired) electrons. The maximum atomic E-state index is 6.30. The van der Waals surface area contributed by atoms with E-state index in [2.05, 4.69) is 15.5 Å². The van der Waals surface area contributed by atoms with Crippen LogP contribution in [0.1, 0.15) is 51.0 Å². The fourth-order valence-corrected chi connectivity index (χ4v) is 3.33. The first kappa shape index (κ1) is 14.3. The first-order chi connectivity index (χ1) is 10.3. The molecule has 2 N–H and O–H groups in total. The van der Waals surface area contributed by atoms with Crippen LogP contribution >= 0.6 is 11.6 Å². The third-order valence-electron chi connectivity index (χ3n) is 4.18. The van der Waals surface area contributed by atoms with Gasteiger partial charge < -0.3 is 5.73 Å². The number of rotatable bonds is 2. The number of hydrogen-bond acceptors (Lipinski definition) is 4. The van der Waals surface area contributed by atoms with E-state index < -0.39 is 0 Å². The number of nitrogens with two attached hydrogens (primary N) is 1. The first-order valence-corrected chi connectivity index (χ1v) is 7.97. The van der Waals surface area contributed by atoms with E-state index in [9.17, 15) is 0 Å². The Morgan fingerprint density at radius 3 is 2.52 bits per heavy atom. The van der Waals surface area contributed by atoms with Gasteiger partial charge in [0.25, 0.3) is 0 Å². The second-order valence-corrected chi connectivity index (χ2v) is 6.06. The molecule has 3 rings (SSSR count). The Kier molecular flexibility index (Phi) is 4.39. The van der Waals surface area contributed by atoms with Crippen molar-refractivity contribution in [2.75, 3.05) is 5.73 Å². The van der Waals surface area contributed by atoms with E-state index in [1.807, 2.05) is 22.9 Å². The number of nitrogens with zero attached hydrogens (tertiary/aromatic N) is 4. The molecule has 1 aromatic carbocycles. The summed E-state index contributed by atoms with van der Waals surface area (Å²) >= 11 is 6.30. The molecule has 0 aliphatic heterocycles. The van der Waals surface area contributed by atoms with Crippen molar-refractivity contribution in [1.82, 2.24) is 20.2 Å². The van der Waals surface area contributed by atoms with Crippen LogP contribution < -0.4 is 5.73 Å². The van der Waals surface area contributed by atoms with Crippen molar-refractivity contribution < 1.29 is 0 Å². The molecule has 1 aliphatic rings. The van der Waals surface area contributed by atoms with Gasteiger partial charge in [-0.1, -0.05) is 49.8 Å². The van der Waals surface area contributed by atoms with Crippen LogP contribution in [-0.2, 0) is 0 Å². The Balaban J connectivity index is 1.96. The van der Waals surface area contributed by atoms with Crippen LogP contribution in [0.4, 0.5) is 5.69 Å². The largest absolute Gasteiger partial charge is 0.398 e. The molecule has 0 unspecified atom stereocenters. The van der Waals surface area contributed by atoms with Gasteiger partial charge in [0.05, 0.1) is 16.6 Å². The van der Waals surface area contributed by atoms with Crippen LogP contribution in [0.3, 0.4) is 0 Å². The molecule has 0 amide bonds. The summed E-state index contributed by atoms with van der Waals surface area (Å²) in [5.41, 5.74) is 7.43. The molecule has 1 saturated carbocycles. The zero-order chi connectivity index (χ0) is 14.7. The van der Waals surface area contributed by atoms with Gasteiger partial charge in [-0.05, 0) is 35.4 Å². The smallest absolute Gasteiger partial charge is 0.185 e. The Bertz CT molecular complexity index is 582. The van der Waals surface area contributed by atoms with Crippen molar-refractivity contribution in [2.24, 2.45) is 0 Å². The molecule has 21 heavy (non-hydrogen) atoms. The van der Waals surface area contributed by atoms with Crippen LogP contribution in [0.2, 0.25) is 5.02 Å². The summed E-state index contributed by atoms with van der Waals surface area (Å²) < 4.78 is 1.92. The molecule has 0 bridgehead atoms. The normalized spacial score (nSPS) is 17.4. The van der Waals surface area contributed by atoms with Crippen LogP contribution in [-0.4, -0.2) is 20.2 Å². The topological polar surface area (TPSA) is 69.6 Å². The average Bonchev–Trinajstić information content (AvgIpc) is 2.87. The summed E-state index contributed by atoms with van der Waals surface area (Å²) in [6.45, 7) is 0. The van der Waals surface area contributed by atoms with E-state index in [-0.39, 0.29) is 0 Å². The van der Waals surface area contributed by atoms with Crippen molar-refractivity contribution in [3.63, 3.8) is 0 Å². The van der Waals surface area contributed by atoms with Gasteiger partial charge in [-0.25, -0.2) is 4.68 Å². The molecule has 1 aliphatic carbocycles. The summed E-state index contributed by atoms with van der Waals surface area (Å²) in [5, 5.41) is 12.8. The lowest BCUT2D eigenvalue weighted by molar-refractivity contribution is 0.345. The van der Waals surface area contributed by atoms with Crippen molar-refractivity contribution >= 4 is 17.3 Å². The predicted molar refractivity (Wildman–Crippen MR) is 84.0 cm³/mol. The summed E-state index contributed by atoms with van der Waals surface area (Å²) in [6.07, 6.45) is 8.60. The highest BCUT2D eigenvalue weighted by Gasteiger charge is 2.22. The van der Waals surface area contributed by atoms with Gasteiger partial charge in [0, 0.05) is 5.69 Å². The lowest BCUT2D eigenvalue weighted by Gasteiger charge is -2.21. The van der Waals surface area contributed by atoms with Gasteiger partial charge in [0.15, 0.2) is 5.82 Å². The minimum atomic E-state index is 0.339. The Morgan fingerprint density at radius 1 is 1.10 bits per heavy atom. The van der Waals surface area contributed by atoms with E-state index in [4.69, 9.17) is 17.3 Å². The molecule has 5 nitrogen and oxygen atoms in total. The van der Waals surface area contributed by atoms with Gasteiger partial charge in [0.1, 0.15) is 0 Å². The van der Waals surface area contributed by atoms with E-state index in [1.165, 1.54) is 32.1 Å². The second-order valence-electron chi connectivity index (χ2n) is 5.65. The van der Waals surface area contributed by atoms with Crippen LogP contribution in [0, 0.1) is 0 Å². The maximum absolute atomic E-state index is 6.30. The van der Waals surface area contributed by atoms with Gasteiger partial charge in [-0.3, -0.25) is 0 Å². The van der Waals surface area contributed by atoms with Crippen LogP contribution in [0.25, 0.3) is 11.4 Å². The Hall–Kier alpha value is -1.62. The minimum Gasteiger partial charge on any atom is -0.398 e. The number of nitrogen functional groups attached to an aromatic ring is 1. The number of halogens is 1. The maximum Gasteiger partial charge on any atom is 0.185 e. The molecule has 1 fully saturated rings. The predicted octanol–water partition coefficient (Wildman–Crippen LogP) is 3.86. The Labute approximate surface area is 129 Å². The molecule has 1 aromatic heterocycles. The number of tetrazole rings is 1. The van der Waals surface area contributed by atoms with Crippen LogP contribution in [0.15, 0.2) is 18.2 Å². The van der Waals surface area contributed by atoms with Crippen molar-refractivity contribution in [2.45, 2.75) is 51.0 Å². The van der Waals surface area contributed by atoms with E-state index >= 15 is 0 Å². The number of hydrogen-bond donors (Lipinski definition) is 1. The quantitative estimate of drug-likeness (QED) is 0.855. The molecule has 112 valence electrons. The van der Waals surface area contributed by atoms with Gasteiger partial charge in [-0.15, -0.1) is 5.10 Å². The van der Waals surface area contributed by atoms with Gasteiger partial charge >= 0.3 is 0 Å². The summed E-state index contributed by atoms with van der Waals surface area (Å²) in [6, 6.07) is 5.83. The molecule has 2 aromatic rings. The lowest BCUT2D eigenvalue weighted by Crippen LogP contribution is -2.14. The second kappa shape index (κ2) is 6.43. The van der Waals surface area contributed by atoms with Crippen molar-refractivity contribution in [3.05, 3.63) is 23.2 Å². The molecule has 0 atom stereocenters. The molecule has 1 heterocycles. The highest BCUT2D eigenvalue weighted by atomic mass is 35.5. The first-order valence-electron chi connectivity index (χ1n) is 7.59. The zero-order valence-corrected chi connectivity index (χ0v) is 12.8. The molecular weight excluding hydrogens is 286 g/mol. The summed E-state index contributed by atoms with van der Waals surface area (Å²) in [5.74, 6) is 0.684. The highest BCUT2D eigenvalue weighted by Crippen LogP contribution is 2.34. The minimum absolute atomic E-state index is 0.339. The van der Waals surface area contributed by atoms with Crippen molar-refractivity contribution in [3.8, 4) is 11.4 Å². The lowest BCUT2D eigenvalue weighted by atomic mass is 9.96. The molecule has 0 spiro atoms. The molecule has 0 saturated heterocycles. The number of anilines is 1. The SMILES string of the molecule is Nc1cccc(Cl)c1-c1nnnn1C1CCCCCCC1. The van der Waals surface area contributed by atoms with E-state index in [0.29, 0.717) is 22.6 Å². The number of aromatic nitrogens is 4. The Morgan fingerprint density at radius 2 is 1.81 bits per heavy atom. The fourth-order valence-electron chi connectivity index (χ4n) is 3.06. The average molecular weight is 306 g/mol. The standard InChI is InChI=1S/C15H20ClN5/c16-12-9-6-10-13(17)14(12)15-18-19-20-21(15)11-7-4-2-1-3-5-8-11/h6,9-11H,1-5,7-8,17H2. The van der Waals surface area contributed by atoms with Gasteiger partial charge in [-0.2, -0.15) is 0 Å². The summed E-state index contributed by atoms with van der Waals surface area (Å²) in [7, 11) is 0. The van der Waals surface area contributed by atoms with E-state index in [0.717, 1.165) is 18.4 Å². The zero-order valence-electron chi connectivity index (χ0n) is 12.0. The third kappa shape index (κ3) is 3.02. The third-order valence-corrected chi connectivity index (χ3v) is 4.50. The highest BCUT2D eigenvalue weighted by molar-refractivity contribution is 6.33. The van der Waals surface area contributed by atoms with E-state index in [1.54, 1.807) is 0 Å². The van der Waals surface area contributed by atoms with Crippen molar-refractivity contribution in [1.29, 1.82) is 0 Å². The van der Waals surface area contributed by atoms with Gasteiger partial charge in [0.2, 0.25) is 0 Å². The van der Waals surface area contributed by atoms with Crippen LogP contribution in [0.5, 0.6) is 0 Å². The monoisotopic (exact) mass is 305 g/mol. The molecule has 6 heteroatoms. The molecular formula is C15H20ClN5.